The van der Waals surface area contributed by atoms with Crippen LogP contribution in [0.3, 0.4) is 0 Å². The van der Waals surface area contributed by atoms with Gasteiger partial charge in [0.25, 0.3) is 5.91 Å². The van der Waals surface area contributed by atoms with Gasteiger partial charge in [0, 0.05) is 18.2 Å². The van der Waals surface area contributed by atoms with E-state index in [1.807, 2.05) is 29.2 Å². The highest BCUT2D eigenvalue weighted by Gasteiger charge is 2.32. The Balaban J connectivity index is 1.59. The van der Waals surface area contributed by atoms with E-state index >= 15 is 0 Å². The summed E-state index contributed by atoms with van der Waals surface area (Å²) in [6.07, 6.45) is 1.92. The lowest BCUT2D eigenvalue weighted by Gasteiger charge is -2.24. The molecule has 0 unspecified atom stereocenters. The van der Waals surface area contributed by atoms with E-state index in [1.165, 1.54) is 0 Å². The van der Waals surface area contributed by atoms with Gasteiger partial charge in [-0.15, -0.1) is 0 Å². The van der Waals surface area contributed by atoms with Crippen molar-refractivity contribution in [3.63, 3.8) is 0 Å². The number of nitrogens with zero attached hydrogens (tertiary/aromatic N) is 3. The number of rotatable bonds is 3. The average Bonchev–Trinajstić information content (AvgIpc) is 3.38. The summed E-state index contributed by atoms with van der Waals surface area (Å²) in [5, 5.41) is 13.0. The molecule has 0 aliphatic carbocycles. The van der Waals surface area contributed by atoms with Crippen LogP contribution in [0.15, 0.2) is 65.2 Å². The van der Waals surface area contributed by atoms with Crippen molar-refractivity contribution in [2.24, 2.45) is 0 Å². The van der Waals surface area contributed by atoms with Crippen LogP contribution in [0.2, 0.25) is 0 Å². The molecule has 3 aromatic rings. The molecule has 1 aromatic heterocycles. The number of hydrogen-bond donors (Lipinski definition) is 0. The molecule has 1 atom stereocenters. The van der Waals surface area contributed by atoms with E-state index in [0.29, 0.717) is 23.6 Å². The second-order valence-electron chi connectivity index (χ2n) is 6.34. The van der Waals surface area contributed by atoms with Crippen LogP contribution in [0.1, 0.15) is 40.5 Å². The fraction of sp³-hybridized carbons (Fsp3) is 0.190. The summed E-state index contributed by atoms with van der Waals surface area (Å²) in [7, 11) is 0. The van der Waals surface area contributed by atoms with Crippen molar-refractivity contribution in [3.8, 4) is 17.4 Å². The van der Waals surface area contributed by atoms with Crippen LogP contribution in [-0.4, -0.2) is 22.5 Å². The maximum Gasteiger partial charge on any atom is 0.276 e. The molecular weight excluding hydrogens is 326 g/mol. The van der Waals surface area contributed by atoms with Gasteiger partial charge in [0.1, 0.15) is 0 Å². The van der Waals surface area contributed by atoms with Gasteiger partial charge in [-0.3, -0.25) is 4.79 Å². The molecule has 1 aliphatic heterocycles. The Morgan fingerprint density at radius 3 is 2.81 bits per heavy atom. The summed E-state index contributed by atoms with van der Waals surface area (Å²) in [4.78, 5) is 14.8. The zero-order valence-electron chi connectivity index (χ0n) is 14.1. The van der Waals surface area contributed by atoms with E-state index < -0.39 is 0 Å². The van der Waals surface area contributed by atoms with Gasteiger partial charge >= 0.3 is 0 Å². The molecule has 0 radical (unpaired) electrons. The zero-order chi connectivity index (χ0) is 17.9. The minimum Gasteiger partial charge on any atom is -0.355 e. The summed E-state index contributed by atoms with van der Waals surface area (Å²) < 4.78 is 5.36. The largest absolute Gasteiger partial charge is 0.355 e. The Labute approximate surface area is 151 Å². The molecule has 128 valence electrons. The van der Waals surface area contributed by atoms with Gasteiger partial charge in [0.2, 0.25) is 0 Å². The number of carbonyl (C=O) groups excluding carboxylic acids is 1. The average molecular weight is 343 g/mol. The minimum atomic E-state index is -0.122. The SMILES string of the molecule is N#Cc1cccc(-c2cc(C(=O)N3CCC[C@H]3c3ccccc3)no2)c1. The van der Waals surface area contributed by atoms with Crippen LogP contribution in [-0.2, 0) is 0 Å². The molecule has 0 saturated carbocycles. The van der Waals surface area contributed by atoms with Crippen molar-refractivity contribution >= 4 is 5.91 Å². The first-order valence-electron chi connectivity index (χ1n) is 8.59. The first-order valence-corrected chi connectivity index (χ1v) is 8.59. The first kappa shape index (κ1) is 16.1. The van der Waals surface area contributed by atoms with E-state index in [4.69, 9.17) is 9.78 Å². The lowest BCUT2D eigenvalue weighted by Crippen LogP contribution is -2.30. The van der Waals surface area contributed by atoms with Gasteiger partial charge < -0.3 is 9.42 Å². The van der Waals surface area contributed by atoms with Crippen LogP contribution < -0.4 is 0 Å². The number of aromatic nitrogens is 1. The Bertz CT molecular complexity index is 972. The Morgan fingerprint density at radius 2 is 2.00 bits per heavy atom. The molecule has 2 aromatic carbocycles. The number of carbonyl (C=O) groups is 1. The highest BCUT2D eigenvalue weighted by atomic mass is 16.5. The topological polar surface area (TPSA) is 70.1 Å². The van der Waals surface area contributed by atoms with Crippen molar-refractivity contribution in [2.75, 3.05) is 6.54 Å². The van der Waals surface area contributed by atoms with Gasteiger partial charge in [0.15, 0.2) is 11.5 Å². The normalized spacial score (nSPS) is 16.4. The molecular formula is C21H17N3O2. The molecule has 2 heterocycles. The van der Waals surface area contributed by atoms with Gasteiger partial charge in [-0.2, -0.15) is 5.26 Å². The quantitative estimate of drug-likeness (QED) is 0.715. The molecule has 0 N–H and O–H groups in total. The van der Waals surface area contributed by atoms with E-state index in [-0.39, 0.29) is 11.9 Å². The number of nitriles is 1. The number of likely N-dealkylation sites (tertiary alicyclic amines) is 1. The smallest absolute Gasteiger partial charge is 0.276 e. The molecule has 0 bridgehead atoms. The van der Waals surface area contributed by atoms with Crippen LogP contribution in [0.25, 0.3) is 11.3 Å². The third-order valence-corrected chi connectivity index (χ3v) is 4.70. The molecule has 1 amide bonds. The monoisotopic (exact) mass is 343 g/mol. The highest BCUT2D eigenvalue weighted by molar-refractivity contribution is 5.93. The predicted molar refractivity (Wildman–Crippen MR) is 96.1 cm³/mol. The maximum atomic E-state index is 12.9. The molecule has 1 saturated heterocycles. The van der Waals surface area contributed by atoms with Crippen LogP contribution in [0.5, 0.6) is 0 Å². The molecule has 1 fully saturated rings. The summed E-state index contributed by atoms with van der Waals surface area (Å²) >= 11 is 0. The molecule has 26 heavy (non-hydrogen) atoms. The lowest BCUT2D eigenvalue weighted by molar-refractivity contribution is 0.0725. The molecule has 5 nitrogen and oxygen atoms in total. The third-order valence-electron chi connectivity index (χ3n) is 4.70. The zero-order valence-corrected chi connectivity index (χ0v) is 14.1. The van der Waals surface area contributed by atoms with Crippen molar-refractivity contribution < 1.29 is 9.32 Å². The van der Waals surface area contributed by atoms with Gasteiger partial charge in [-0.1, -0.05) is 47.6 Å². The number of benzene rings is 2. The highest BCUT2D eigenvalue weighted by Crippen LogP contribution is 2.33. The van der Waals surface area contributed by atoms with Crippen LogP contribution in [0.4, 0.5) is 0 Å². The van der Waals surface area contributed by atoms with Crippen molar-refractivity contribution in [2.45, 2.75) is 18.9 Å². The first-order chi connectivity index (χ1) is 12.8. The maximum absolute atomic E-state index is 12.9. The number of amides is 1. The van der Waals surface area contributed by atoms with E-state index in [2.05, 4.69) is 23.4 Å². The minimum absolute atomic E-state index is 0.0748. The van der Waals surface area contributed by atoms with E-state index in [9.17, 15) is 4.79 Å². The Kier molecular flexibility index (Phi) is 4.24. The Morgan fingerprint density at radius 1 is 1.15 bits per heavy atom. The summed E-state index contributed by atoms with van der Waals surface area (Å²) in [5.41, 5.74) is 2.71. The van der Waals surface area contributed by atoms with E-state index in [0.717, 1.165) is 24.0 Å². The fourth-order valence-corrected chi connectivity index (χ4v) is 3.43. The Hall–Kier alpha value is -3.39. The third kappa shape index (κ3) is 2.98. The molecule has 4 rings (SSSR count). The predicted octanol–water partition coefficient (Wildman–Crippen LogP) is 4.19. The number of hydrogen-bond acceptors (Lipinski definition) is 4. The summed E-state index contributed by atoms with van der Waals surface area (Å²) in [6.45, 7) is 0.713. The van der Waals surface area contributed by atoms with Crippen molar-refractivity contribution in [1.29, 1.82) is 5.26 Å². The molecule has 5 heteroatoms. The summed E-state index contributed by atoms with van der Waals surface area (Å²) in [5.74, 6) is 0.365. The molecule has 1 aliphatic rings. The second kappa shape index (κ2) is 6.85. The molecule has 0 spiro atoms. The van der Waals surface area contributed by atoms with Gasteiger partial charge in [-0.25, -0.2) is 0 Å². The standard InChI is InChI=1S/C21H17N3O2/c22-14-15-6-4-9-17(12-15)20-13-18(23-26-20)21(25)24-11-5-10-19(24)16-7-2-1-3-8-16/h1-4,6-9,12-13,19H,5,10-11H2/t19-/m0/s1. The van der Waals surface area contributed by atoms with Crippen molar-refractivity contribution in [3.05, 3.63) is 77.5 Å². The van der Waals surface area contributed by atoms with Crippen LogP contribution >= 0.6 is 0 Å². The van der Waals surface area contributed by atoms with Gasteiger partial charge in [0.05, 0.1) is 17.7 Å². The summed E-state index contributed by atoms with van der Waals surface area (Å²) in [6, 6.07) is 20.9. The second-order valence-corrected chi connectivity index (χ2v) is 6.34. The van der Waals surface area contributed by atoms with E-state index in [1.54, 1.807) is 24.3 Å². The van der Waals surface area contributed by atoms with Crippen LogP contribution in [0, 0.1) is 11.3 Å². The fourth-order valence-electron chi connectivity index (χ4n) is 3.43. The van der Waals surface area contributed by atoms with Crippen molar-refractivity contribution in [1.82, 2.24) is 10.1 Å². The van der Waals surface area contributed by atoms with Gasteiger partial charge in [-0.05, 0) is 30.5 Å². The lowest BCUT2D eigenvalue weighted by atomic mass is 10.0.